The van der Waals surface area contributed by atoms with Gasteiger partial charge in [0.25, 0.3) is 0 Å². The second-order valence-electron chi connectivity index (χ2n) is 8.44. The van der Waals surface area contributed by atoms with E-state index >= 15 is 0 Å². The van der Waals surface area contributed by atoms with Gasteiger partial charge in [-0.05, 0) is 49.8 Å². The lowest BCUT2D eigenvalue weighted by atomic mass is 10.1. The number of aromatic hydroxyl groups is 1. The van der Waals surface area contributed by atoms with Crippen LogP contribution >= 0.6 is 0 Å². The molecule has 0 saturated carbocycles. The highest BCUT2D eigenvalue weighted by atomic mass is 16.4. The van der Waals surface area contributed by atoms with E-state index in [0.29, 0.717) is 37.8 Å². The molecule has 0 radical (unpaired) electrons. The van der Waals surface area contributed by atoms with Crippen LogP contribution in [-0.4, -0.2) is 92.7 Å². The van der Waals surface area contributed by atoms with Crippen LogP contribution < -0.4 is 11.1 Å². The van der Waals surface area contributed by atoms with E-state index in [0.717, 1.165) is 0 Å². The highest BCUT2D eigenvalue weighted by Crippen LogP contribution is 2.25. The zero-order valence-electron chi connectivity index (χ0n) is 18.2. The van der Waals surface area contributed by atoms with Crippen molar-refractivity contribution in [3.63, 3.8) is 0 Å². The predicted octanol–water partition coefficient (Wildman–Crippen LogP) is -1.19. The van der Waals surface area contributed by atoms with Crippen molar-refractivity contribution < 1.29 is 34.5 Å². The fourth-order valence-electron chi connectivity index (χ4n) is 4.41. The van der Waals surface area contributed by atoms with Crippen LogP contribution in [-0.2, 0) is 25.6 Å². The molecule has 2 saturated heterocycles. The maximum absolute atomic E-state index is 13.1. The largest absolute Gasteiger partial charge is 0.508 e. The lowest BCUT2D eigenvalue weighted by molar-refractivity contribution is -0.152. The SMILES string of the molecule is NC(Cc1ccc(O)cc1)C(=O)NC(CO)C(=O)N1CCCC1C(=O)N1CCCC1C(=O)O. The first-order chi connectivity index (χ1) is 15.7. The Balaban J connectivity index is 1.63. The summed E-state index contributed by atoms with van der Waals surface area (Å²) in [4.78, 5) is 52.7. The molecule has 2 fully saturated rings. The third kappa shape index (κ3) is 5.60. The van der Waals surface area contributed by atoms with Gasteiger partial charge >= 0.3 is 5.97 Å². The molecule has 6 N–H and O–H groups in total. The number of hydrogen-bond acceptors (Lipinski definition) is 7. The van der Waals surface area contributed by atoms with Crippen molar-refractivity contribution in [3.05, 3.63) is 29.8 Å². The summed E-state index contributed by atoms with van der Waals surface area (Å²) in [7, 11) is 0. The summed E-state index contributed by atoms with van der Waals surface area (Å²) in [5.41, 5.74) is 6.66. The molecule has 0 aliphatic carbocycles. The Morgan fingerprint density at radius 2 is 1.64 bits per heavy atom. The molecular weight excluding hydrogens is 432 g/mol. The molecule has 11 heteroatoms. The number of nitrogens with two attached hydrogens (primary N) is 1. The molecule has 3 amide bonds. The Labute approximate surface area is 191 Å². The van der Waals surface area contributed by atoms with Crippen molar-refractivity contribution in [1.82, 2.24) is 15.1 Å². The number of aliphatic carboxylic acids is 1. The molecule has 180 valence electrons. The number of carboxylic acids is 1. The summed E-state index contributed by atoms with van der Waals surface area (Å²) in [6, 6.07) is 2.20. The fourth-order valence-corrected chi connectivity index (χ4v) is 4.41. The van der Waals surface area contributed by atoms with Gasteiger partial charge < -0.3 is 36.2 Å². The zero-order chi connectivity index (χ0) is 24.1. The van der Waals surface area contributed by atoms with E-state index in [9.17, 15) is 34.5 Å². The summed E-state index contributed by atoms with van der Waals surface area (Å²) in [6.07, 6.45) is 2.06. The molecule has 2 heterocycles. The maximum Gasteiger partial charge on any atom is 0.326 e. The Morgan fingerprint density at radius 3 is 2.24 bits per heavy atom. The number of rotatable bonds is 8. The first kappa shape index (κ1) is 24.5. The molecule has 4 unspecified atom stereocenters. The van der Waals surface area contributed by atoms with Gasteiger partial charge in [0.15, 0.2) is 0 Å². The van der Waals surface area contributed by atoms with Crippen molar-refractivity contribution >= 4 is 23.7 Å². The molecule has 0 aromatic heterocycles. The number of aliphatic hydroxyl groups is 1. The third-order valence-corrected chi connectivity index (χ3v) is 6.17. The summed E-state index contributed by atoms with van der Waals surface area (Å²) in [6.45, 7) is -0.0806. The smallest absolute Gasteiger partial charge is 0.326 e. The normalized spacial score (nSPS) is 22.1. The van der Waals surface area contributed by atoms with Gasteiger partial charge in [0.05, 0.1) is 12.6 Å². The summed E-state index contributed by atoms with van der Waals surface area (Å²) < 4.78 is 0. The van der Waals surface area contributed by atoms with E-state index in [4.69, 9.17) is 5.73 Å². The van der Waals surface area contributed by atoms with Gasteiger partial charge in [-0.15, -0.1) is 0 Å². The van der Waals surface area contributed by atoms with Gasteiger partial charge in [-0.25, -0.2) is 4.79 Å². The molecule has 0 bridgehead atoms. The van der Waals surface area contributed by atoms with Crippen molar-refractivity contribution in [2.75, 3.05) is 19.7 Å². The van der Waals surface area contributed by atoms with Crippen LogP contribution in [0.1, 0.15) is 31.2 Å². The molecular formula is C22H30N4O7. The van der Waals surface area contributed by atoms with Gasteiger partial charge in [-0.1, -0.05) is 12.1 Å². The average Bonchev–Trinajstić information content (AvgIpc) is 3.48. The topological polar surface area (TPSA) is 174 Å². The van der Waals surface area contributed by atoms with Crippen LogP contribution in [0.5, 0.6) is 5.75 Å². The Bertz CT molecular complexity index is 891. The summed E-state index contributed by atoms with van der Waals surface area (Å²) in [5, 5.41) is 30.9. The number of benzene rings is 1. The molecule has 3 rings (SSSR count). The van der Waals surface area contributed by atoms with Gasteiger partial charge in [0.1, 0.15) is 23.9 Å². The van der Waals surface area contributed by atoms with Crippen LogP contribution in [0, 0.1) is 0 Å². The van der Waals surface area contributed by atoms with Crippen molar-refractivity contribution in [2.45, 2.75) is 56.3 Å². The number of likely N-dealkylation sites (tertiary alicyclic amines) is 2. The van der Waals surface area contributed by atoms with Crippen LogP contribution in [0.15, 0.2) is 24.3 Å². The highest BCUT2D eigenvalue weighted by Gasteiger charge is 2.43. The number of carbonyl (C=O) groups is 4. The number of aliphatic hydroxyl groups excluding tert-OH is 1. The van der Waals surface area contributed by atoms with Crippen molar-refractivity contribution in [3.8, 4) is 5.75 Å². The lowest BCUT2D eigenvalue weighted by Gasteiger charge is -2.32. The minimum atomic E-state index is -1.27. The number of phenolic OH excluding ortho intramolecular Hbond substituents is 1. The molecule has 2 aliphatic rings. The first-order valence-electron chi connectivity index (χ1n) is 11.0. The Kier molecular flexibility index (Phi) is 7.88. The van der Waals surface area contributed by atoms with E-state index in [1.165, 1.54) is 21.9 Å². The number of hydrogen-bond donors (Lipinski definition) is 5. The molecule has 0 spiro atoms. The van der Waals surface area contributed by atoms with Gasteiger partial charge in [-0.3, -0.25) is 14.4 Å². The lowest BCUT2D eigenvalue weighted by Crippen LogP contribution is -2.58. The van der Waals surface area contributed by atoms with Crippen LogP contribution in [0.4, 0.5) is 0 Å². The predicted molar refractivity (Wildman–Crippen MR) is 116 cm³/mol. The van der Waals surface area contributed by atoms with E-state index in [1.807, 2.05) is 0 Å². The molecule has 4 atom stereocenters. The highest BCUT2D eigenvalue weighted by molar-refractivity contribution is 5.94. The van der Waals surface area contributed by atoms with E-state index in [1.54, 1.807) is 12.1 Å². The van der Waals surface area contributed by atoms with Gasteiger partial charge in [0, 0.05) is 13.1 Å². The maximum atomic E-state index is 13.1. The van der Waals surface area contributed by atoms with Crippen LogP contribution in [0.3, 0.4) is 0 Å². The summed E-state index contributed by atoms with van der Waals surface area (Å²) >= 11 is 0. The third-order valence-electron chi connectivity index (χ3n) is 6.17. The van der Waals surface area contributed by atoms with Gasteiger partial charge in [-0.2, -0.15) is 0 Å². The van der Waals surface area contributed by atoms with E-state index in [-0.39, 0.29) is 18.7 Å². The Hall–Kier alpha value is -3.18. The van der Waals surface area contributed by atoms with Gasteiger partial charge in [0.2, 0.25) is 17.7 Å². The second-order valence-corrected chi connectivity index (χ2v) is 8.44. The minimum Gasteiger partial charge on any atom is -0.508 e. The van der Waals surface area contributed by atoms with Crippen LogP contribution in [0.2, 0.25) is 0 Å². The average molecular weight is 463 g/mol. The van der Waals surface area contributed by atoms with E-state index in [2.05, 4.69) is 5.32 Å². The molecule has 1 aromatic rings. The number of phenols is 1. The number of carboxylic acid groups (broad SMARTS) is 1. The molecule has 2 aliphatic heterocycles. The molecule has 11 nitrogen and oxygen atoms in total. The molecule has 1 aromatic carbocycles. The van der Waals surface area contributed by atoms with E-state index < -0.39 is 54.5 Å². The standard InChI is InChI=1S/C22H30N4O7/c23-15(11-13-5-7-14(28)8-6-13)19(29)24-16(12-27)20(30)25-9-1-3-17(25)21(31)26-10-2-4-18(26)22(32)33/h5-8,15-18,27-28H,1-4,9-12,23H2,(H,24,29)(H,32,33). The monoisotopic (exact) mass is 462 g/mol. The summed E-state index contributed by atoms with van der Waals surface area (Å²) in [5.74, 6) is -2.65. The number of carbonyl (C=O) groups excluding carboxylic acids is 3. The Morgan fingerprint density at radius 1 is 1.03 bits per heavy atom. The number of nitrogens with zero attached hydrogens (tertiary/aromatic N) is 2. The zero-order valence-corrected chi connectivity index (χ0v) is 18.2. The number of nitrogens with one attached hydrogen (secondary N) is 1. The molecule has 33 heavy (non-hydrogen) atoms. The first-order valence-corrected chi connectivity index (χ1v) is 11.0. The van der Waals surface area contributed by atoms with Crippen LogP contribution in [0.25, 0.3) is 0 Å². The quantitative estimate of drug-likeness (QED) is 0.320. The minimum absolute atomic E-state index is 0.0843. The van der Waals surface area contributed by atoms with Crippen molar-refractivity contribution in [2.24, 2.45) is 5.73 Å². The number of amides is 3. The second kappa shape index (κ2) is 10.6. The van der Waals surface area contributed by atoms with Crippen molar-refractivity contribution in [1.29, 1.82) is 0 Å². The fraction of sp³-hybridized carbons (Fsp3) is 0.545.